The average molecular weight is 363 g/mol. The zero-order valence-electron chi connectivity index (χ0n) is 13.2. The highest BCUT2D eigenvalue weighted by molar-refractivity contribution is 7.12. The molecule has 2 amide bonds. The molecule has 1 atom stereocenters. The van der Waals surface area contributed by atoms with Crippen LogP contribution < -0.4 is 5.32 Å². The highest BCUT2D eigenvalue weighted by Gasteiger charge is 2.34. The van der Waals surface area contributed by atoms with E-state index < -0.39 is 0 Å². The van der Waals surface area contributed by atoms with Crippen LogP contribution in [0.5, 0.6) is 0 Å². The van der Waals surface area contributed by atoms with Crippen molar-refractivity contribution in [3.63, 3.8) is 0 Å². The number of thiophene rings is 1. The third kappa shape index (κ3) is 3.97. The lowest BCUT2D eigenvalue weighted by molar-refractivity contribution is -0.124. The molecule has 0 bridgehead atoms. The predicted molar refractivity (Wildman–Crippen MR) is 96.5 cm³/mol. The van der Waals surface area contributed by atoms with Gasteiger partial charge in [-0.1, -0.05) is 29.8 Å². The summed E-state index contributed by atoms with van der Waals surface area (Å²) in [5.41, 5.74) is 1.12. The van der Waals surface area contributed by atoms with Crippen LogP contribution in [0.1, 0.15) is 28.1 Å². The zero-order valence-corrected chi connectivity index (χ0v) is 14.8. The van der Waals surface area contributed by atoms with Crippen molar-refractivity contribution in [2.45, 2.75) is 25.3 Å². The van der Waals surface area contributed by atoms with Crippen molar-refractivity contribution in [1.29, 1.82) is 0 Å². The highest BCUT2D eigenvalue weighted by atomic mass is 35.5. The SMILES string of the molecule is O=C(NCCc1ccc(Cl)cc1)[C@H]1CCCN1C(=O)c1cccs1. The van der Waals surface area contributed by atoms with Gasteiger partial charge in [-0.2, -0.15) is 0 Å². The summed E-state index contributed by atoms with van der Waals surface area (Å²) in [4.78, 5) is 27.3. The van der Waals surface area contributed by atoms with E-state index in [4.69, 9.17) is 11.6 Å². The van der Waals surface area contributed by atoms with E-state index >= 15 is 0 Å². The van der Waals surface area contributed by atoms with Crippen LogP contribution in [0, 0.1) is 0 Å². The number of nitrogens with one attached hydrogen (secondary N) is 1. The van der Waals surface area contributed by atoms with E-state index in [1.54, 1.807) is 11.0 Å². The number of benzene rings is 1. The Labute approximate surface area is 150 Å². The summed E-state index contributed by atoms with van der Waals surface area (Å²) >= 11 is 7.28. The van der Waals surface area contributed by atoms with E-state index in [1.807, 2.05) is 35.7 Å². The summed E-state index contributed by atoms with van der Waals surface area (Å²) < 4.78 is 0. The van der Waals surface area contributed by atoms with Crippen LogP contribution >= 0.6 is 22.9 Å². The van der Waals surface area contributed by atoms with E-state index in [9.17, 15) is 9.59 Å². The molecule has 0 spiro atoms. The van der Waals surface area contributed by atoms with Crippen molar-refractivity contribution < 1.29 is 9.59 Å². The van der Waals surface area contributed by atoms with Gasteiger partial charge in [0.25, 0.3) is 5.91 Å². The fraction of sp³-hybridized carbons (Fsp3) is 0.333. The Morgan fingerprint density at radius 2 is 2.04 bits per heavy atom. The van der Waals surface area contributed by atoms with E-state index in [2.05, 4.69) is 5.32 Å². The molecule has 3 rings (SSSR count). The molecule has 0 saturated carbocycles. The van der Waals surface area contributed by atoms with Gasteiger partial charge in [0, 0.05) is 18.1 Å². The number of nitrogens with zero attached hydrogens (tertiary/aromatic N) is 1. The summed E-state index contributed by atoms with van der Waals surface area (Å²) in [7, 11) is 0. The quantitative estimate of drug-likeness (QED) is 0.886. The first-order valence-corrected chi connectivity index (χ1v) is 9.27. The van der Waals surface area contributed by atoms with Gasteiger partial charge in [0.2, 0.25) is 5.91 Å². The van der Waals surface area contributed by atoms with Crippen molar-refractivity contribution in [3.05, 3.63) is 57.2 Å². The molecule has 1 aliphatic rings. The molecule has 1 N–H and O–H groups in total. The molecule has 1 aliphatic heterocycles. The molecule has 4 nitrogen and oxygen atoms in total. The minimum Gasteiger partial charge on any atom is -0.354 e. The Hall–Kier alpha value is -1.85. The lowest BCUT2D eigenvalue weighted by Gasteiger charge is -2.23. The molecular formula is C18H19ClN2O2S. The molecule has 0 aliphatic carbocycles. The predicted octanol–water partition coefficient (Wildman–Crippen LogP) is 3.37. The fourth-order valence-corrected chi connectivity index (χ4v) is 3.73. The van der Waals surface area contributed by atoms with Gasteiger partial charge in [0.15, 0.2) is 0 Å². The van der Waals surface area contributed by atoms with Gasteiger partial charge in [-0.05, 0) is 48.4 Å². The second kappa shape index (κ2) is 7.81. The number of amides is 2. The lowest BCUT2D eigenvalue weighted by atomic mass is 10.1. The number of likely N-dealkylation sites (tertiary alicyclic amines) is 1. The summed E-state index contributed by atoms with van der Waals surface area (Å²) in [5, 5.41) is 5.54. The Kier molecular flexibility index (Phi) is 5.53. The third-order valence-electron chi connectivity index (χ3n) is 4.17. The van der Waals surface area contributed by atoms with Gasteiger partial charge >= 0.3 is 0 Å². The molecule has 6 heteroatoms. The van der Waals surface area contributed by atoms with Crippen LogP contribution in [0.15, 0.2) is 41.8 Å². The van der Waals surface area contributed by atoms with Crippen LogP contribution in [0.2, 0.25) is 5.02 Å². The van der Waals surface area contributed by atoms with Crippen LogP contribution in [0.4, 0.5) is 0 Å². The maximum Gasteiger partial charge on any atom is 0.264 e. The van der Waals surface area contributed by atoms with Crippen molar-refractivity contribution in [2.24, 2.45) is 0 Å². The van der Waals surface area contributed by atoms with E-state index in [-0.39, 0.29) is 17.9 Å². The van der Waals surface area contributed by atoms with Gasteiger partial charge in [-0.3, -0.25) is 9.59 Å². The fourth-order valence-electron chi connectivity index (χ4n) is 2.92. The molecule has 2 heterocycles. The molecule has 126 valence electrons. The van der Waals surface area contributed by atoms with Crippen molar-refractivity contribution in [2.75, 3.05) is 13.1 Å². The number of halogens is 1. The molecule has 1 aromatic heterocycles. The molecule has 0 unspecified atom stereocenters. The highest BCUT2D eigenvalue weighted by Crippen LogP contribution is 2.22. The normalized spacial score (nSPS) is 17.0. The summed E-state index contributed by atoms with van der Waals surface area (Å²) in [6.07, 6.45) is 2.34. The number of rotatable bonds is 5. The van der Waals surface area contributed by atoms with Crippen LogP contribution in [0.3, 0.4) is 0 Å². The monoisotopic (exact) mass is 362 g/mol. The standard InChI is InChI=1S/C18H19ClN2O2S/c19-14-7-5-13(6-8-14)9-10-20-17(22)15-3-1-11-21(15)18(23)16-4-2-12-24-16/h2,4-8,12,15H,1,3,9-11H2,(H,20,22)/t15-/m1/s1. The smallest absolute Gasteiger partial charge is 0.264 e. The average Bonchev–Trinajstić information content (AvgIpc) is 3.27. The van der Waals surface area contributed by atoms with Gasteiger partial charge in [0.1, 0.15) is 6.04 Å². The van der Waals surface area contributed by atoms with Crippen LogP contribution in [-0.4, -0.2) is 35.8 Å². The molecule has 24 heavy (non-hydrogen) atoms. The number of carbonyl (C=O) groups excluding carboxylic acids is 2. The Bertz CT molecular complexity index is 700. The van der Waals surface area contributed by atoms with E-state index in [0.29, 0.717) is 23.0 Å². The molecule has 0 radical (unpaired) electrons. The van der Waals surface area contributed by atoms with Gasteiger partial charge in [-0.15, -0.1) is 11.3 Å². The molecule has 1 fully saturated rings. The van der Waals surface area contributed by atoms with Crippen LogP contribution in [0.25, 0.3) is 0 Å². The molecular weight excluding hydrogens is 344 g/mol. The largest absolute Gasteiger partial charge is 0.354 e. The first kappa shape index (κ1) is 17.0. The van der Waals surface area contributed by atoms with Crippen molar-refractivity contribution in [1.82, 2.24) is 10.2 Å². The Morgan fingerprint density at radius 1 is 1.25 bits per heavy atom. The summed E-state index contributed by atoms with van der Waals surface area (Å²) in [5.74, 6) is -0.105. The molecule has 1 aromatic carbocycles. The van der Waals surface area contributed by atoms with Gasteiger partial charge < -0.3 is 10.2 Å². The Balaban J connectivity index is 1.54. The molecule has 1 saturated heterocycles. The number of hydrogen-bond acceptors (Lipinski definition) is 3. The minimum atomic E-state index is -0.357. The second-order valence-electron chi connectivity index (χ2n) is 5.80. The summed E-state index contributed by atoms with van der Waals surface area (Å²) in [6.45, 7) is 1.20. The van der Waals surface area contributed by atoms with Crippen molar-refractivity contribution >= 4 is 34.8 Å². The molecule has 2 aromatic rings. The Morgan fingerprint density at radius 3 is 2.75 bits per heavy atom. The first-order valence-electron chi connectivity index (χ1n) is 8.02. The van der Waals surface area contributed by atoms with E-state index in [0.717, 1.165) is 24.8 Å². The lowest BCUT2D eigenvalue weighted by Crippen LogP contribution is -2.46. The van der Waals surface area contributed by atoms with E-state index in [1.165, 1.54) is 11.3 Å². The third-order valence-corrected chi connectivity index (χ3v) is 5.28. The minimum absolute atomic E-state index is 0.0413. The van der Waals surface area contributed by atoms with Crippen LogP contribution in [-0.2, 0) is 11.2 Å². The first-order chi connectivity index (χ1) is 11.6. The van der Waals surface area contributed by atoms with Gasteiger partial charge in [0.05, 0.1) is 4.88 Å². The topological polar surface area (TPSA) is 49.4 Å². The maximum atomic E-state index is 12.5. The number of carbonyl (C=O) groups is 2. The summed E-state index contributed by atoms with van der Waals surface area (Å²) in [6, 6.07) is 10.9. The maximum absolute atomic E-state index is 12.5. The van der Waals surface area contributed by atoms with Gasteiger partial charge in [-0.25, -0.2) is 0 Å². The van der Waals surface area contributed by atoms with Crippen molar-refractivity contribution in [3.8, 4) is 0 Å². The number of hydrogen-bond donors (Lipinski definition) is 1. The second-order valence-corrected chi connectivity index (χ2v) is 7.19. The zero-order chi connectivity index (χ0) is 16.9.